The summed E-state index contributed by atoms with van der Waals surface area (Å²) in [6, 6.07) is 0. The summed E-state index contributed by atoms with van der Waals surface area (Å²) in [7, 11) is 1.66. The summed E-state index contributed by atoms with van der Waals surface area (Å²) < 4.78 is 21.5. The molecule has 0 aromatic heterocycles. The summed E-state index contributed by atoms with van der Waals surface area (Å²) in [5.41, 5.74) is 5.66. The van der Waals surface area contributed by atoms with Gasteiger partial charge in [-0.25, -0.2) is 0 Å². The van der Waals surface area contributed by atoms with Gasteiger partial charge in [-0.2, -0.15) is 0 Å². The molecular weight excluding hydrogens is 234 g/mol. The van der Waals surface area contributed by atoms with Crippen LogP contribution in [0.15, 0.2) is 0 Å². The molecule has 0 saturated heterocycles. The molecule has 1 saturated carbocycles. The molecule has 0 atom stereocenters. The molecule has 0 aliphatic heterocycles. The van der Waals surface area contributed by atoms with Gasteiger partial charge >= 0.3 is 0 Å². The van der Waals surface area contributed by atoms with E-state index in [-0.39, 0.29) is 5.60 Å². The van der Waals surface area contributed by atoms with Gasteiger partial charge in [0.15, 0.2) is 0 Å². The van der Waals surface area contributed by atoms with Crippen molar-refractivity contribution in [3.05, 3.63) is 0 Å². The van der Waals surface area contributed by atoms with Crippen molar-refractivity contribution in [2.75, 3.05) is 53.3 Å². The Morgan fingerprint density at radius 1 is 0.944 bits per heavy atom. The van der Waals surface area contributed by atoms with Crippen LogP contribution in [0.1, 0.15) is 25.7 Å². The molecule has 0 unspecified atom stereocenters. The first-order valence-corrected chi connectivity index (χ1v) is 6.81. The Bertz CT molecular complexity index is 197. The first kappa shape index (κ1) is 15.9. The van der Waals surface area contributed by atoms with Crippen molar-refractivity contribution in [2.24, 2.45) is 5.73 Å². The van der Waals surface area contributed by atoms with Crippen LogP contribution in [-0.2, 0) is 18.9 Å². The van der Waals surface area contributed by atoms with Gasteiger partial charge in [-0.15, -0.1) is 0 Å². The molecule has 2 N–H and O–H groups in total. The van der Waals surface area contributed by atoms with Crippen LogP contribution in [0.3, 0.4) is 0 Å². The Kier molecular flexibility index (Phi) is 8.54. The van der Waals surface area contributed by atoms with Crippen molar-refractivity contribution in [2.45, 2.75) is 31.3 Å². The third-order valence-corrected chi connectivity index (χ3v) is 3.30. The van der Waals surface area contributed by atoms with E-state index >= 15 is 0 Å². The van der Waals surface area contributed by atoms with Crippen molar-refractivity contribution in [3.63, 3.8) is 0 Å². The van der Waals surface area contributed by atoms with Crippen molar-refractivity contribution in [1.82, 2.24) is 0 Å². The van der Waals surface area contributed by atoms with Crippen molar-refractivity contribution in [1.29, 1.82) is 0 Å². The Labute approximate surface area is 110 Å². The number of methoxy groups -OCH3 is 1. The summed E-state index contributed by atoms with van der Waals surface area (Å²) in [4.78, 5) is 0. The minimum atomic E-state index is 0.0626. The Balaban J connectivity index is 1.86. The molecule has 5 heteroatoms. The van der Waals surface area contributed by atoms with Gasteiger partial charge in [0.2, 0.25) is 0 Å². The lowest BCUT2D eigenvalue weighted by Gasteiger charge is -2.41. The van der Waals surface area contributed by atoms with E-state index in [1.807, 2.05) is 0 Å². The summed E-state index contributed by atoms with van der Waals surface area (Å²) in [6.45, 7) is 4.45. The van der Waals surface area contributed by atoms with Gasteiger partial charge in [-0.1, -0.05) is 0 Å². The number of nitrogens with two attached hydrogens (primary N) is 1. The Morgan fingerprint density at radius 3 is 2.06 bits per heavy atom. The molecule has 18 heavy (non-hydrogen) atoms. The van der Waals surface area contributed by atoms with Crippen LogP contribution in [-0.4, -0.2) is 58.9 Å². The topological polar surface area (TPSA) is 62.9 Å². The second-order valence-corrected chi connectivity index (χ2v) is 4.64. The zero-order valence-corrected chi connectivity index (χ0v) is 11.5. The van der Waals surface area contributed by atoms with E-state index in [0.29, 0.717) is 46.2 Å². The Morgan fingerprint density at radius 2 is 1.56 bits per heavy atom. The minimum absolute atomic E-state index is 0.0626. The highest BCUT2D eigenvalue weighted by Gasteiger charge is 2.36. The number of hydrogen-bond acceptors (Lipinski definition) is 5. The lowest BCUT2D eigenvalue weighted by molar-refractivity contribution is -0.118. The average Bonchev–Trinajstić information content (AvgIpc) is 2.33. The molecule has 0 amide bonds. The second kappa shape index (κ2) is 9.69. The zero-order chi connectivity index (χ0) is 13.1. The molecule has 0 aromatic carbocycles. The first-order chi connectivity index (χ1) is 8.83. The van der Waals surface area contributed by atoms with Crippen LogP contribution in [0.2, 0.25) is 0 Å². The van der Waals surface area contributed by atoms with E-state index in [0.717, 1.165) is 19.3 Å². The fourth-order valence-corrected chi connectivity index (χ4v) is 2.08. The molecular formula is C13H27NO4. The van der Waals surface area contributed by atoms with Gasteiger partial charge in [0.25, 0.3) is 0 Å². The van der Waals surface area contributed by atoms with Crippen molar-refractivity contribution < 1.29 is 18.9 Å². The molecule has 0 heterocycles. The molecule has 0 aromatic rings. The lowest BCUT2D eigenvalue weighted by Crippen LogP contribution is -2.42. The maximum Gasteiger partial charge on any atom is 0.0708 e. The standard InChI is InChI=1S/C13H27NO4/c1-15-7-8-16-9-10-17-11-12-18-13(5-6-14)3-2-4-13/h2-12,14H2,1H3. The van der Waals surface area contributed by atoms with Gasteiger partial charge in [-0.3, -0.25) is 0 Å². The number of ether oxygens (including phenoxy) is 4. The average molecular weight is 261 g/mol. The maximum atomic E-state index is 5.89. The Hall–Kier alpha value is -0.200. The smallest absolute Gasteiger partial charge is 0.0708 e. The second-order valence-electron chi connectivity index (χ2n) is 4.64. The van der Waals surface area contributed by atoms with Crippen LogP contribution in [0.25, 0.3) is 0 Å². The molecule has 5 nitrogen and oxygen atoms in total. The van der Waals surface area contributed by atoms with Crippen LogP contribution < -0.4 is 5.73 Å². The summed E-state index contributed by atoms with van der Waals surface area (Å²) in [5.74, 6) is 0. The molecule has 1 aliphatic carbocycles. The highest BCUT2D eigenvalue weighted by molar-refractivity contribution is 4.89. The van der Waals surface area contributed by atoms with Gasteiger partial charge in [-0.05, 0) is 32.2 Å². The first-order valence-electron chi connectivity index (χ1n) is 6.81. The van der Waals surface area contributed by atoms with E-state index in [2.05, 4.69) is 0 Å². The van der Waals surface area contributed by atoms with E-state index in [4.69, 9.17) is 24.7 Å². The lowest BCUT2D eigenvalue weighted by atomic mass is 9.77. The molecule has 1 rings (SSSR count). The molecule has 0 radical (unpaired) electrons. The highest BCUT2D eigenvalue weighted by Crippen LogP contribution is 2.37. The molecule has 0 bridgehead atoms. The van der Waals surface area contributed by atoms with Crippen molar-refractivity contribution in [3.8, 4) is 0 Å². The fraction of sp³-hybridized carbons (Fsp3) is 1.00. The minimum Gasteiger partial charge on any atom is -0.382 e. The molecule has 0 spiro atoms. The van der Waals surface area contributed by atoms with Crippen LogP contribution >= 0.6 is 0 Å². The third kappa shape index (κ3) is 6.11. The third-order valence-electron chi connectivity index (χ3n) is 3.30. The normalized spacial score (nSPS) is 17.7. The van der Waals surface area contributed by atoms with E-state index in [1.165, 1.54) is 6.42 Å². The number of rotatable bonds is 12. The molecule has 1 fully saturated rings. The summed E-state index contributed by atoms with van der Waals surface area (Å²) in [5, 5.41) is 0. The highest BCUT2D eigenvalue weighted by atomic mass is 16.6. The summed E-state index contributed by atoms with van der Waals surface area (Å²) in [6.07, 6.45) is 4.51. The monoisotopic (exact) mass is 261 g/mol. The van der Waals surface area contributed by atoms with E-state index < -0.39 is 0 Å². The quantitative estimate of drug-likeness (QED) is 0.530. The van der Waals surface area contributed by atoms with Crippen molar-refractivity contribution >= 4 is 0 Å². The SMILES string of the molecule is COCCOCCOCCOC1(CCN)CCC1. The van der Waals surface area contributed by atoms with Crippen LogP contribution in [0, 0.1) is 0 Å². The fourth-order valence-electron chi connectivity index (χ4n) is 2.08. The van der Waals surface area contributed by atoms with Gasteiger partial charge in [0.1, 0.15) is 0 Å². The maximum absolute atomic E-state index is 5.89. The summed E-state index contributed by atoms with van der Waals surface area (Å²) >= 11 is 0. The van der Waals surface area contributed by atoms with Gasteiger partial charge in [0, 0.05) is 7.11 Å². The predicted molar refractivity (Wildman–Crippen MR) is 69.7 cm³/mol. The van der Waals surface area contributed by atoms with Gasteiger partial charge in [0.05, 0.1) is 45.2 Å². The predicted octanol–water partition coefficient (Wildman–Crippen LogP) is 0.954. The van der Waals surface area contributed by atoms with Gasteiger partial charge < -0.3 is 24.7 Å². The van der Waals surface area contributed by atoms with Crippen LogP contribution in [0.4, 0.5) is 0 Å². The molecule has 108 valence electrons. The number of hydrogen-bond donors (Lipinski definition) is 1. The molecule has 1 aliphatic rings. The van der Waals surface area contributed by atoms with E-state index in [1.54, 1.807) is 7.11 Å². The van der Waals surface area contributed by atoms with E-state index in [9.17, 15) is 0 Å². The largest absolute Gasteiger partial charge is 0.382 e. The zero-order valence-electron chi connectivity index (χ0n) is 11.5. The van der Waals surface area contributed by atoms with Crippen LogP contribution in [0.5, 0.6) is 0 Å².